The third kappa shape index (κ3) is 1.70. The summed E-state index contributed by atoms with van der Waals surface area (Å²) in [6.07, 6.45) is 3.28. The number of aromatic amines is 1. The van der Waals surface area contributed by atoms with Crippen molar-refractivity contribution in [1.82, 2.24) is 4.98 Å². The summed E-state index contributed by atoms with van der Waals surface area (Å²) in [6.45, 7) is 2.12. The van der Waals surface area contributed by atoms with Crippen LogP contribution in [0.4, 0.5) is 0 Å². The Morgan fingerprint density at radius 2 is 2.13 bits per heavy atom. The molecule has 0 saturated carbocycles. The minimum absolute atomic E-state index is 0.156. The molecular weight excluding hydrogens is 190 g/mol. The quantitative estimate of drug-likeness (QED) is 0.718. The highest BCUT2D eigenvalue weighted by atomic mass is 16.3. The average Bonchev–Trinajstić information content (AvgIpc) is 2.60. The number of phenolic OH excluding ortho intramolecular Hbond substituents is 1. The normalized spacial score (nSPS) is 11.1. The van der Waals surface area contributed by atoms with Crippen LogP contribution in [0.2, 0.25) is 0 Å². The summed E-state index contributed by atoms with van der Waals surface area (Å²) in [5.74, 6) is 0.347. The van der Waals surface area contributed by atoms with E-state index in [4.69, 9.17) is 5.11 Å². The van der Waals surface area contributed by atoms with Crippen LogP contribution >= 0.6 is 0 Å². The van der Waals surface area contributed by atoms with E-state index in [1.54, 1.807) is 0 Å². The molecule has 0 bridgehead atoms. The van der Waals surface area contributed by atoms with Crippen molar-refractivity contribution in [3.05, 3.63) is 29.5 Å². The second-order valence-corrected chi connectivity index (χ2v) is 3.79. The van der Waals surface area contributed by atoms with Crippen molar-refractivity contribution in [3.63, 3.8) is 0 Å². The summed E-state index contributed by atoms with van der Waals surface area (Å²) in [7, 11) is 0. The van der Waals surface area contributed by atoms with Gasteiger partial charge in [0.15, 0.2) is 0 Å². The summed E-state index contributed by atoms with van der Waals surface area (Å²) in [6, 6.07) is 3.87. The first-order valence-electron chi connectivity index (χ1n) is 5.13. The Balaban J connectivity index is 2.49. The third-order valence-corrected chi connectivity index (χ3v) is 2.70. The monoisotopic (exact) mass is 205 g/mol. The molecule has 0 unspecified atom stereocenters. The molecule has 0 saturated heterocycles. The van der Waals surface area contributed by atoms with E-state index in [0.717, 1.165) is 22.0 Å². The van der Waals surface area contributed by atoms with Gasteiger partial charge in [-0.05, 0) is 37.0 Å². The Kier molecular flexibility index (Phi) is 2.64. The van der Waals surface area contributed by atoms with E-state index in [2.05, 4.69) is 4.98 Å². The van der Waals surface area contributed by atoms with Gasteiger partial charge in [0.25, 0.3) is 0 Å². The second-order valence-electron chi connectivity index (χ2n) is 3.79. The zero-order chi connectivity index (χ0) is 10.8. The average molecular weight is 205 g/mol. The van der Waals surface area contributed by atoms with E-state index in [0.29, 0.717) is 18.6 Å². The predicted molar refractivity (Wildman–Crippen MR) is 60.1 cm³/mol. The van der Waals surface area contributed by atoms with Crippen LogP contribution < -0.4 is 0 Å². The molecule has 0 spiro atoms. The van der Waals surface area contributed by atoms with E-state index < -0.39 is 0 Å². The number of aliphatic hydroxyl groups is 1. The Hall–Kier alpha value is -1.48. The van der Waals surface area contributed by atoms with Gasteiger partial charge in [-0.2, -0.15) is 0 Å². The molecule has 0 aliphatic carbocycles. The molecule has 3 N–H and O–H groups in total. The van der Waals surface area contributed by atoms with Gasteiger partial charge in [0.1, 0.15) is 5.75 Å². The molecule has 2 rings (SSSR count). The maximum absolute atomic E-state index is 10.0. The minimum Gasteiger partial charge on any atom is -0.507 e. The first kappa shape index (κ1) is 10.1. The fourth-order valence-corrected chi connectivity index (χ4v) is 1.88. The number of fused-ring (bicyclic) bond motifs is 1. The molecule has 0 aliphatic rings. The SMILES string of the molecule is Cc1c[nH]c2ccc(CCCO)c(O)c12. The van der Waals surface area contributed by atoms with Gasteiger partial charge in [-0.1, -0.05) is 6.07 Å². The lowest BCUT2D eigenvalue weighted by atomic mass is 10.0. The summed E-state index contributed by atoms with van der Waals surface area (Å²) >= 11 is 0. The van der Waals surface area contributed by atoms with Gasteiger partial charge in [-0.3, -0.25) is 0 Å². The summed E-state index contributed by atoms with van der Waals surface area (Å²) in [5.41, 5.74) is 2.91. The van der Waals surface area contributed by atoms with Gasteiger partial charge in [0.2, 0.25) is 0 Å². The molecule has 3 heteroatoms. The van der Waals surface area contributed by atoms with Crippen LogP contribution in [0.1, 0.15) is 17.5 Å². The molecule has 0 aliphatic heterocycles. The summed E-state index contributed by atoms with van der Waals surface area (Å²) in [5, 5.41) is 19.7. The number of hydrogen-bond donors (Lipinski definition) is 3. The van der Waals surface area contributed by atoms with Crippen molar-refractivity contribution in [3.8, 4) is 5.75 Å². The standard InChI is InChI=1S/C12H15NO2/c1-8-7-13-10-5-4-9(3-2-6-14)12(15)11(8)10/h4-5,7,13-15H,2-3,6H2,1H3. The Morgan fingerprint density at radius 1 is 1.33 bits per heavy atom. The van der Waals surface area contributed by atoms with Gasteiger partial charge in [-0.15, -0.1) is 0 Å². The topological polar surface area (TPSA) is 56.2 Å². The van der Waals surface area contributed by atoms with Gasteiger partial charge in [-0.25, -0.2) is 0 Å². The number of benzene rings is 1. The molecule has 0 fully saturated rings. The van der Waals surface area contributed by atoms with Gasteiger partial charge < -0.3 is 15.2 Å². The van der Waals surface area contributed by atoms with E-state index in [9.17, 15) is 5.11 Å². The first-order chi connectivity index (χ1) is 7.24. The highest BCUT2D eigenvalue weighted by Crippen LogP contribution is 2.31. The molecule has 0 amide bonds. The van der Waals surface area contributed by atoms with Gasteiger partial charge in [0, 0.05) is 23.7 Å². The van der Waals surface area contributed by atoms with Crippen LogP contribution in [0.25, 0.3) is 10.9 Å². The molecule has 1 heterocycles. The van der Waals surface area contributed by atoms with E-state index in [-0.39, 0.29) is 6.61 Å². The number of nitrogens with one attached hydrogen (secondary N) is 1. The fraction of sp³-hybridized carbons (Fsp3) is 0.333. The van der Waals surface area contributed by atoms with E-state index in [1.165, 1.54) is 0 Å². The van der Waals surface area contributed by atoms with Crippen LogP contribution in [0.5, 0.6) is 5.75 Å². The number of H-pyrrole nitrogens is 1. The largest absolute Gasteiger partial charge is 0.507 e. The van der Waals surface area contributed by atoms with E-state index in [1.807, 2.05) is 25.3 Å². The molecule has 2 aromatic rings. The highest BCUT2D eigenvalue weighted by molar-refractivity contribution is 5.90. The number of aromatic hydroxyl groups is 1. The van der Waals surface area contributed by atoms with Crippen LogP contribution in [0.3, 0.4) is 0 Å². The molecule has 3 nitrogen and oxygen atoms in total. The Morgan fingerprint density at radius 3 is 2.87 bits per heavy atom. The van der Waals surface area contributed by atoms with Crippen molar-refractivity contribution in [2.24, 2.45) is 0 Å². The minimum atomic E-state index is 0.156. The second kappa shape index (κ2) is 3.95. The van der Waals surface area contributed by atoms with Crippen LogP contribution in [-0.4, -0.2) is 21.8 Å². The number of aliphatic hydroxyl groups excluding tert-OH is 1. The molecule has 1 aromatic heterocycles. The predicted octanol–water partition coefficient (Wildman–Crippen LogP) is 2.11. The summed E-state index contributed by atoms with van der Waals surface area (Å²) in [4.78, 5) is 3.10. The molecule has 80 valence electrons. The van der Waals surface area contributed by atoms with Crippen molar-refractivity contribution in [2.75, 3.05) is 6.61 Å². The van der Waals surface area contributed by atoms with E-state index >= 15 is 0 Å². The Labute approximate surface area is 88.4 Å². The van der Waals surface area contributed by atoms with Crippen molar-refractivity contribution >= 4 is 10.9 Å². The molecule has 0 atom stereocenters. The lowest BCUT2D eigenvalue weighted by molar-refractivity contribution is 0.288. The number of aromatic nitrogens is 1. The fourth-order valence-electron chi connectivity index (χ4n) is 1.88. The smallest absolute Gasteiger partial charge is 0.128 e. The Bertz CT molecular complexity index is 474. The zero-order valence-electron chi connectivity index (χ0n) is 8.75. The highest BCUT2D eigenvalue weighted by Gasteiger charge is 2.09. The number of rotatable bonds is 3. The molecule has 0 radical (unpaired) electrons. The molecular formula is C12H15NO2. The van der Waals surface area contributed by atoms with Crippen LogP contribution in [0.15, 0.2) is 18.3 Å². The zero-order valence-corrected chi connectivity index (χ0v) is 8.75. The van der Waals surface area contributed by atoms with Gasteiger partial charge in [0.05, 0.1) is 0 Å². The van der Waals surface area contributed by atoms with Crippen LogP contribution in [0, 0.1) is 6.92 Å². The lowest BCUT2D eigenvalue weighted by Crippen LogP contribution is -1.90. The summed E-state index contributed by atoms with van der Waals surface area (Å²) < 4.78 is 0. The first-order valence-corrected chi connectivity index (χ1v) is 5.13. The number of aryl methyl sites for hydroxylation is 2. The third-order valence-electron chi connectivity index (χ3n) is 2.70. The van der Waals surface area contributed by atoms with Crippen LogP contribution in [-0.2, 0) is 6.42 Å². The maximum atomic E-state index is 10.0. The lowest BCUT2D eigenvalue weighted by Gasteiger charge is -2.05. The van der Waals surface area contributed by atoms with Crippen molar-refractivity contribution in [1.29, 1.82) is 0 Å². The van der Waals surface area contributed by atoms with Crippen molar-refractivity contribution in [2.45, 2.75) is 19.8 Å². The molecule has 15 heavy (non-hydrogen) atoms. The number of hydrogen-bond acceptors (Lipinski definition) is 2. The van der Waals surface area contributed by atoms with Gasteiger partial charge >= 0.3 is 0 Å². The maximum Gasteiger partial charge on any atom is 0.128 e. The van der Waals surface area contributed by atoms with Crippen molar-refractivity contribution < 1.29 is 10.2 Å². The number of phenols is 1. The molecule has 1 aromatic carbocycles.